The Balaban J connectivity index is 1.85. The fourth-order valence-electron chi connectivity index (χ4n) is 7.17. The van der Waals surface area contributed by atoms with E-state index in [-0.39, 0.29) is 12.8 Å². The molecule has 2 aromatic heterocycles. The van der Waals surface area contributed by atoms with Gasteiger partial charge in [0.05, 0.1) is 0 Å². The number of hydrogen-bond acceptors (Lipinski definition) is 4. The van der Waals surface area contributed by atoms with Crippen molar-refractivity contribution >= 4 is 82.2 Å². The number of aliphatic imine (C=N–C) groups is 2. The van der Waals surface area contributed by atoms with E-state index in [1.54, 1.807) is 0 Å². The Bertz CT molecular complexity index is 2050. The van der Waals surface area contributed by atoms with Gasteiger partial charge in [-0.05, 0) is 0 Å². The van der Waals surface area contributed by atoms with E-state index in [0.29, 0.717) is 12.8 Å². The van der Waals surface area contributed by atoms with Crippen LogP contribution in [0.5, 0.6) is 0 Å². The van der Waals surface area contributed by atoms with Gasteiger partial charge in [-0.3, -0.25) is 0 Å². The minimum atomic E-state index is -4.78. The molecular weight excluding hydrogens is 718 g/mol. The zero-order chi connectivity index (χ0) is 32.5. The summed E-state index contributed by atoms with van der Waals surface area (Å²) in [4.78, 5) is 33.7. The predicted molar refractivity (Wildman–Crippen MR) is 183 cm³/mol. The van der Waals surface area contributed by atoms with Gasteiger partial charge in [0.25, 0.3) is 0 Å². The van der Waals surface area contributed by atoms with Crippen LogP contribution in [0.2, 0.25) is 0 Å². The number of carboxylic acid groups (broad SMARTS) is 2. The molecule has 2 aromatic rings. The zero-order valence-electron chi connectivity index (χ0n) is 26.3. The molecule has 0 saturated heterocycles. The van der Waals surface area contributed by atoms with Crippen molar-refractivity contribution in [1.82, 2.24) is 5.58 Å². The summed E-state index contributed by atoms with van der Waals surface area (Å²) in [5, 5.41) is 21.1. The first-order chi connectivity index (χ1) is 21.3. The van der Waals surface area contributed by atoms with Crippen molar-refractivity contribution < 1.29 is 19.8 Å². The second-order valence-electron chi connectivity index (χ2n) is 12.0. The van der Waals surface area contributed by atoms with Gasteiger partial charge in [-0.1, -0.05) is 0 Å². The van der Waals surface area contributed by atoms with Gasteiger partial charge in [-0.25, -0.2) is 0 Å². The molecule has 4 aliphatic heterocycles. The number of nitrogens with zero attached hydrogens (tertiary/aromatic N) is 4. The number of rotatable bonds is 8. The second-order valence-corrected chi connectivity index (χ2v) is 25.8. The van der Waals surface area contributed by atoms with Crippen LogP contribution < -0.4 is 10.7 Å². The van der Waals surface area contributed by atoms with E-state index in [4.69, 9.17) is 27.8 Å². The van der Waals surface area contributed by atoms with Crippen LogP contribution in [0.25, 0.3) is 24.3 Å². The molecule has 2 N–H and O–H groups in total. The summed E-state index contributed by atoms with van der Waals surface area (Å²) in [6.07, 6.45) is 10.3. The van der Waals surface area contributed by atoms with E-state index in [1.807, 2.05) is 32.1 Å². The van der Waals surface area contributed by atoms with Crippen LogP contribution in [0, 0.1) is 13.8 Å². The second kappa shape index (κ2) is 11.6. The van der Waals surface area contributed by atoms with Crippen LogP contribution in [0.4, 0.5) is 0 Å². The summed E-state index contributed by atoms with van der Waals surface area (Å²) in [5.74, 6) is -1.75. The molecule has 8 nitrogen and oxygen atoms in total. The van der Waals surface area contributed by atoms with E-state index in [0.717, 1.165) is 102 Å². The molecule has 0 saturated carbocycles. The standard InChI is InChI=1S/C34H38N4O4.2ClH.Sn/c1-7-21-17(3)28-15-31-23(9-11-33(39)40)19(5)25(37-31)13-26-20(6)24(10-12-34(41)42)32(38-26)16-30-22(8-2)18(4)27(36-30)14-29(21)35-28;;;/h13-16H,7-12H2,1-6H3,(H4,35,36,37,38,39,40,41,42);2*1H;/q;;;+4/p-4. The monoisotopic (exact) mass is 754 g/mol. The predicted octanol–water partition coefficient (Wildman–Crippen LogP) is 5.88. The molecule has 11 heteroatoms. The molecule has 4 aliphatic rings. The third kappa shape index (κ3) is 5.04. The average Bonchev–Trinajstić information content (AvgIpc) is 3.61. The molecule has 0 amide bonds. The van der Waals surface area contributed by atoms with Crippen molar-refractivity contribution in [2.45, 2.75) is 80.1 Å². The van der Waals surface area contributed by atoms with E-state index in [2.05, 4.69) is 39.3 Å². The SMILES string of the molecule is CCC1=C(C)C2=Cc3c(CCC(=O)O)c(C)c4[n]3[Sn]([Cl])([Cl])[n]3c(c(C)c(CC)c3=CC3=NC(=C4)C(C)=C3CCC(=O)O)=CC1=N2. The number of carboxylic acids is 2. The minimum absolute atomic E-state index is 0.0154. The van der Waals surface area contributed by atoms with Crippen molar-refractivity contribution in [1.29, 1.82) is 0 Å². The van der Waals surface area contributed by atoms with E-state index >= 15 is 0 Å². The van der Waals surface area contributed by atoms with Gasteiger partial charge >= 0.3 is 276 Å². The summed E-state index contributed by atoms with van der Waals surface area (Å²) in [6, 6.07) is 0. The van der Waals surface area contributed by atoms with Crippen LogP contribution in [0.3, 0.4) is 0 Å². The van der Waals surface area contributed by atoms with Crippen molar-refractivity contribution in [3.8, 4) is 0 Å². The Labute approximate surface area is 274 Å². The number of carbonyl (C=O) groups is 2. The van der Waals surface area contributed by atoms with Crippen LogP contribution in [0.1, 0.15) is 87.0 Å². The molecular formula is C34H36Cl2N4O4Sn. The molecule has 0 spiro atoms. The van der Waals surface area contributed by atoms with Gasteiger partial charge in [0, 0.05) is 0 Å². The first-order valence-electron chi connectivity index (χ1n) is 15.3. The zero-order valence-corrected chi connectivity index (χ0v) is 30.7. The van der Waals surface area contributed by atoms with Gasteiger partial charge in [0.15, 0.2) is 0 Å². The summed E-state index contributed by atoms with van der Waals surface area (Å²) >= 11 is -4.78. The fraction of sp³-hybridized carbons (Fsp3) is 0.353. The molecule has 0 aromatic carbocycles. The number of allylic oxidation sites excluding steroid dienone is 4. The first-order valence-corrected chi connectivity index (χ1v) is 25.1. The molecule has 45 heavy (non-hydrogen) atoms. The van der Waals surface area contributed by atoms with Gasteiger partial charge in [-0.2, -0.15) is 0 Å². The first kappa shape index (κ1) is 31.9. The normalized spacial score (nSPS) is 17.8. The number of halogens is 2. The Hall–Kier alpha value is -3.08. The van der Waals surface area contributed by atoms with E-state index < -0.39 is 28.6 Å². The summed E-state index contributed by atoms with van der Waals surface area (Å²) in [5.41, 5.74) is 12.7. The van der Waals surface area contributed by atoms with Gasteiger partial charge < -0.3 is 0 Å². The molecule has 6 bridgehead atoms. The molecule has 0 unspecified atom stereocenters. The Morgan fingerprint density at radius 3 is 1.87 bits per heavy atom. The van der Waals surface area contributed by atoms with Crippen LogP contribution in [-0.4, -0.2) is 55.8 Å². The van der Waals surface area contributed by atoms with E-state index in [9.17, 15) is 19.8 Å². The third-order valence-corrected chi connectivity index (χ3v) is 19.9. The average molecular weight is 754 g/mol. The molecule has 6 heterocycles. The molecule has 0 atom stereocenters. The number of hydrogen-bond donors (Lipinski definition) is 2. The molecule has 6 rings (SSSR count). The Kier molecular flexibility index (Phi) is 8.23. The molecule has 234 valence electrons. The van der Waals surface area contributed by atoms with Crippen molar-refractivity contribution in [2.75, 3.05) is 0 Å². The van der Waals surface area contributed by atoms with Gasteiger partial charge in [0.1, 0.15) is 0 Å². The van der Waals surface area contributed by atoms with Crippen molar-refractivity contribution in [2.24, 2.45) is 9.98 Å². The van der Waals surface area contributed by atoms with Crippen LogP contribution in [0.15, 0.2) is 43.7 Å². The number of aromatic nitrogens is 2. The summed E-state index contributed by atoms with van der Waals surface area (Å²) < 4.78 is 4.24. The van der Waals surface area contributed by atoms with E-state index in [1.165, 1.54) is 0 Å². The van der Waals surface area contributed by atoms with Gasteiger partial charge in [-0.15, -0.1) is 0 Å². The third-order valence-electron chi connectivity index (χ3n) is 9.55. The molecule has 0 fully saturated rings. The van der Waals surface area contributed by atoms with Crippen LogP contribution >= 0.6 is 17.8 Å². The summed E-state index contributed by atoms with van der Waals surface area (Å²) in [7, 11) is 15.8. The Morgan fingerprint density at radius 2 is 1.27 bits per heavy atom. The van der Waals surface area contributed by atoms with Gasteiger partial charge in [0.2, 0.25) is 0 Å². The Morgan fingerprint density at radius 1 is 0.711 bits per heavy atom. The van der Waals surface area contributed by atoms with Crippen molar-refractivity contribution in [3.63, 3.8) is 0 Å². The quantitative estimate of drug-likeness (QED) is 0.329. The van der Waals surface area contributed by atoms with Crippen molar-refractivity contribution in [3.05, 3.63) is 78.0 Å². The topological polar surface area (TPSA) is 109 Å². The molecule has 0 radical (unpaired) electrons. The number of fused-ring (bicyclic) bond motifs is 2. The summed E-state index contributed by atoms with van der Waals surface area (Å²) in [6.45, 7) is 12.4. The van der Waals surface area contributed by atoms with Crippen LogP contribution in [-0.2, 0) is 22.4 Å². The maximum absolute atomic E-state index is 11.8. The fourth-order valence-corrected chi connectivity index (χ4v) is 18.4. The maximum atomic E-state index is 11.8. The molecule has 0 aliphatic carbocycles. The number of aliphatic carboxylic acids is 2.